The Labute approximate surface area is 108 Å². The van der Waals surface area contributed by atoms with Gasteiger partial charge in [0.25, 0.3) is 0 Å². The molecular formula is C13H12F3NO2. The second-order valence-electron chi connectivity index (χ2n) is 4.11. The minimum absolute atomic E-state index is 0.138. The van der Waals surface area contributed by atoms with Crippen molar-refractivity contribution in [3.63, 3.8) is 0 Å². The van der Waals surface area contributed by atoms with E-state index in [4.69, 9.17) is 4.74 Å². The van der Waals surface area contributed by atoms with Crippen LogP contribution in [-0.2, 0) is 9.53 Å². The molecule has 0 spiro atoms. The van der Waals surface area contributed by atoms with Crippen LogP contribution in [-0.4, -0.2) is 25.3 Å². The largest absolute Gasteiger partial charge is 0.412 e. The molecule has 19 heavy (non-hydrogen) atoms. The number of nitrogens with one attached hydrogen (secondary N) is 1. The maximum atomic E-state index is 12.8. The molecule has 1 aliphatic rings. The zero-order valence-corrected chi connectivity index (χ0v) is 9.96. The van der Waals surface area contributed by atoms with E-state index in [-0.39, 0.29) is 25.5 Å². The molecule has 1 N–H and O–H groups in total. The van der Waals surface area contributed by atoms with Gasteiger partial charge in [-0.3, -0.25) is 4.79 Å². The van der Waals surface area contributed by atoms with Crippen molar-refractivity contribution in [3.05, 3.63) is 35.4 Å². The van der Waals surface area contributed by atoms with Gasteiger partial charge >= 0.3 is 6.18 Å². The molecule has 0 atom stereocenters. The summed E-state index contributed by atoms with van der Waals surface area (Å²) in [6, 6.07) is 6.35. The van der Waals surface area contributed by atoms with Gasteiger partial charge in [-0.05, 0) is 17.7 Å². The Bertz CT molecular complexity index is 509. The molecule has 1 aromatic carbocycles. The molecule has 3 nitrogen and oxygen atoms in total. The van der Waals surface area contributed by atoms with E-state index in [9.17, 15) is 18.0 Å². The van der Waals surface area contributed by atoms with Gasteiger partial charge in [0.1, 0.15) is 6.61 Å². The first kappa shape index (κ1) is 13.6. The molecule has 1 aromatic rings. The van der Waals surface area contributed by atoms with Gasteiger partial charge in [0.15, 0.2) is 0 Å². The fraction of sp³-hybridized carbons (Fsp3) is 0.308. The first-order valence-electron chi connectivity index (χ1n) is 5.71. The molecule has 2 rings (SSSR count). The SMILES string of the molecule is O=C1COCCC(C(F)(F)F)=Cc2ccccc2N1. The van der Waals surface area contributed by atoms with E-state index < -0.39 is 11.7 Å². The number of hydrogen-bond acceptors (Lipinski definition) is 2. The number of ether oxygens (including phenoxy) is 1. The molecule has 102 valence electrons. The molecule has 0 fully saturated rings. The molecule has 0 aromatic heterocycles. The predicted octanol–water partition coefficient (Wildman–Crippen LogP) is 2.99. The highest BCUT2D eigenvalue weighted by Crippen LogP contribution is 2.31. The summed E-state index contributed by atoms with van der Waals surface area (Å²) in [5.41, 5.74) is 0.0147. The second-order valence-corrected chi connectivity index (χ2v) is 4.11. The molecule has 1 heterocycles. The van der Waals surface area contributed by atoms with Crippen molar-refractivity contribution >= 4 is 17.7 Å². The highest BCUT2D eigenvalue weighted by atomic mass is 19.4. The molecule has 0 aliphatic carbocycles. The summed E-state index contributed by atoms with van der Waals surface area (Å²) in [6.07, 6.45) is -3.63. The minimum atomic E-state index is -4.40. The number of carbonyl (C=O) groups excluding carboxylic acids is 1. The van der Waals surface area contributed by atoms with Gasteiger partial charge < -0.3 is 10.1 Å². The number of carbonyl (C=O) groups is 1. The van der Waals surface area contributed by atoms with Gasteiger partial charge in [-0.25, -0.2) is 0 Å². The van der Waals surface area contributed by atoms with Crippen LogP contribution in [0.25, 0.3) is 6.08 Å². The fourth-order valence-electron chi connectivity index (χ4n) is 1.75. The Morgan fingerprint density at radius 3 is 2.68 bits per heavy atom. The van der Waals surface area contributed by atoms with Crippen LogP contribution in [0.4, 0.5) is 18.9 Å². The number of para-hydroxylation sites is 1. The van der Waals surface area contributed by atoms with Gasteiger partial charge in [-0.1, -0.05) is 18.2 Å². The van der Waals surface area contributed by atoms with Crippen LogP contribution in [0.3, 0.4) is 0 Å². The van der Waals surface area contributed by atoms with E-state index in [1.54, 1.807) is 18.2 Å². The third-order valence-corrected chi connectivity index (χ3v) is 2.68. The number of benzene rings is 1. The third-order valence-electron chi connectivity index (χ3n) is 2.68. The second kappa shape index (κ2) is 5.44. The number of amides is 1. The van der Waals surface area contributed by atoms with E-state index in [1.165, 1.54) is 6.07 Å². The van der Waals surface area contributed by atoms with Crippen LogP contribution in [0.1, 0.15) is 12.0 Å². The van der Waals surface area contributed by atoms with Crippen molar-refractivity contribution in [1.29, 1.82) is 0 Å². The minimum Gasteiger partial charge on any atom is -0.371 e. The van der Waals surface area contributed by atoms with E-state index >= 15 is 0 Å². The van der Waals surface area contributed by atoms with Crippen molar-refractivity contribution in [2.24, 2.45) is 0 Å². The van der Waals surface area contributed by atoms with Gasteiger partial charge in [-0.15, -0.1) is 0 Å². The normalized spacial score (nSPS) is 17.2. The van der Waals surface area contributed by atoms with Gasteiger partial charge in [0.2, 0.25) is 5.91 Å². The van der Waals surface area contributed by atoms with Gasteiger partial charge in [0, 0.05) is 17.7 Å². The van der Waals surface area contributed by atoms with Gasteiger partial charge in [-0.2, -0.15) is 13.2 Å². The number of rotatable bonds is 0. The summed E-state index contributed by atoms with van der Waals surface area (Å²) >= 11 is 0. The summed E-state index contributed by atoms with van der Waals surface area (Å²) in [7, 11) is 0. The van der Waals surface area contributed by atoms with Crippen LogP contribution in [0, 0.1) is 0 Å². The van der Waals surface area contributed by atoms with Crippen LogP contribution in [0.15, 0.2) is 29.8 Å². The monoisotopic (exact) mass is 271 g/mol. The molecule has 1 aliphatic heterocycles. The van der Waals surface area contributed by atoms with Crippen molar-refractivity contribution in [2.45, 2.75) is 12.6 Å². The number of halogens is 3. The van der Waals surface area contributed by atoms with Crippen LogP contribution in [0.5, 0.6) is 0 Å². The van der Waals surface area contributed by atoms with Crippen molar-refractivity contribution in [1.82, 2.24) is 0 Å². The Kier molecular flexibility index (Phi) is 3.90. The maximum Gasteiger partial charge on any atom is 0.412 e. The fourth-order valence-corrected chi connectivity index (χ4v) is 1.75. The number of fused-ring (bicyclic) bond motifs is 1. The maximum absolute atomic E-state index is 12.8. The van der Waals surface area contributed by atoms with E-state index in [1.807, 2.05) is 0 Å². The summed E-state index contributed by atoms with van der Waals surface area (Å²) in [4.78, 5) is 11.5. The van der Waals surface area contributed by atoms with Crippen LogP contribution in [0.2, 0.25) is 0 Å². The first-order valence-corrected chi connectivity index (χ1v) is 5.71. The lowest BCUT2D eigenvalue weighted by Gasteiger charge is -2.16. The summed E-state index contributed by atoms with van der Waals surface area (Å²) in [5, 5.41) is 2.53. The Hall–Kier alpha value is -1.82. The predicted molar refractivity (Wildman–Crippen MR) is 64.5 cm³/mol. The summed E-state index contributed by atoms with van der Waals surface area (Å²) in [5.74, 6) is -0.378. The zero-order chi connectivity index (χ0) is 13.9. The molecule has 0 radical (unpaired) electrons. The lowest BCUT2D eigenvalue weighted by Crippen LogP contribution is -2.21. The van der Waals surface area contributed by atoms with Gasteiger partial charge in [0.05, 0.1) is 6.61 Å². The standard InChI is InChI=1S/C13H12F3NO2/c14-13(15,16)10-5-6-19-8-12(18)17-11-4-2-1-3-9(11)7-10/h1-4,7H,5-6,8H2,(H,17,18). The first-order chi connectivity index (χ1) is 8.97. The lowest BCUT2D eigenvalue weighted by molar-refractivity contribution is -0.120. The van der Waals surface area contributed by atoms with Crippen LogP contribution < -0.4 is 5.32 Å². The topological polar surface area (TPSA) is 38.3 Å². The molecule has 0 unspecified atom stereocenters. The molecular weight excluding hydrogens is 259 g/mol. The van der Waals surface area contributed by atoms with Crippen molar-refractivity contribution < 1.29 is 22.7 Å². The highest BCUT2D eigenvalue weighted by molar-refractivity contribution is 5.94. The Balaban J connectivity index is 2.44. The van der Waals surface area contributed by atoms with E-state index in [0.29, 0.717) is 11.3 Å². The number of anilines is 1. The summed E-state index contributed by atoms with van der Waals surface area (Å²) in [6.45, 7) is -0.388. The quantitative estimate of drug-likeness (QED) is 0.787. The Morgan fingerprint density at radius 2 is 1.95 bits per heavy atom. The molecule has 1 amide bonds. The van der Waals surface area contributed by atoms with Crippen molar-refractivity contribution in [2.75, 3.05) is 18.5 Å². The van der Waals surface area contributed by atoms with E-state index in [0.717, 1.165) is 6.08 Å². The smallest absolute Gasteiger partial charge is 0.371 e. The van der Waals surface area contributed by atoms with Crippen LogP contribution >= 0.6 is 0 Å². The molecule has 0 bridgehead atoms. The summed E-state index contributed by atoms with van der Waals surface area (Å²) < 4.78 is 43.5. The molecule has 6 heteroatoms. The average molecular weight is 271 g/mol. The lowest BCUT2D eigenvalue weighted by atomic mass is 10.1. The molecule has 0 saturated heterocycles. The number of alkyl halides is 3. The highest BCUT2D eigenvalue weighted by Gasteiger charge is 2.33. The molecule has 0 saturated carbocycles. The van der Waals surface area contributed by atoms with Crippen molar-refractivity contribution in [3.8, 4) is 0 Å². The number of hydrogen-bond donors (Lipinski definition) is 1. The van der Waals surface area contributed by atoms with E-state index in [2.05, 4.69) is 5.32 Å². The third kappa shape index (κ3) is 3.57. The zero-order valence-electron chi connectivity index (χ0n) is 9.96. The average Bonchev–Trinajstić information content (AvgIpc) is 2.34. The Morgan fingerprint density at radius 1 is 1.21 bits per heavy atom.